The number of fused-ring (bicyclic) bond motifs is 1. The number of benzene rings is 1. The van der Waals surface area contributed by atoms with E-state index in [9.17, 15) is 4.39 Å². The summed E-state index contributed by atoms with van der Waals surface area (Å²) in [6.07, 6.45) is 0.761. The lowest BCUT2D eigenvalue weighted by atomic mass is 9.95. The van der Waals surface area contributed by atoms with Crippen LogP contribution in [0.25, 0.3) is 0 Å². The van der Waals surface area contributed by atoms with Gasteiger partial charge in [-0.1, -0.05) is 0 Å². The van der Waals surface area contributed by atoms with Crippen LogP contribution < -0.4 is 5.32 Å². The van der Waals surface area contributed by atoms with Crippen molar-refractivity contribution in [3.05, 3.63) is 29.6 Å². The monoisotopic (exact) mass is 181 g/mol. The molecule has 2 nitrogen and oxygen atoms in total. The van der Waals surface area contributed by atoms with E-state index in [0.29, 0.717) is 0 Å². The lowest BCUT2D eigenvalue weighted by Crippen LogP contribution is -2.25. The number of anilines is 1. The molecule has 1 aromatic rings. The SMILES string of the molecule is OCC1CNc2ccc(F)cc2C1. The third-order valence-electron chi connectivity index (χ3n) is 2.42. The van der Waals surface area contributed by atoms with Crippen LogP contribution in [0.3, 0.4) is 0 Å². The molecule has 1 aromatic carbocycles. The third-order valence-corrected chi connectivity index (χ3v) is 2.42. The van der Waals surface area contributed by atoms with Crippen LogP contribution in [0, 0.1) is 11.7 Å². The number of hydrogen-bond donors (Lipinski definition) is 2. The predicted octanol–water partition coefficient (Wildman–Crippen LogP) is 1.40. The van der Waals surface area contributed by atoms with Crippen molar-refractivity contribution in [2.45, 2.75) is 6.42 Å². The van der Waals surface area contributed by atoms with Crippen LogP contribution in [0.1, 0.15) is 5.56 Å². The number of halogens is 1. The lowest BCUT2D eigenvalue weighted by molar-refractivity contribution is 0.230. The van der Waals surface area contributed by atoms with Crippen molar-refractivity contribution >= 4 is 5.69 Å². The molecule has 1 unspecified atom stereocenters. The van der Waals surface area contributed by atoms with E-state index in [1.54, 1.807) is 6.07 Å². The van der Waals surface area contributed by atoms with E-state index in [4.69, 9.17) is 5.11 Å². The van der Waals surface area contributed by atoms with Crippen LogP contribution in [0.4, 0.5) is 10.1 Å². The Kier molecular flexibility index (Phi) is 2.19. The summed E-state index contributed by atoms with van der Waals surface area (Å²) < 4.78 is 12.8. The molecule has 0 bridgehead atoms. The molecule has 1 aliphatic heterocycles. The first kappa shape index (κ1) is 8.51. The van der Waals surface area contributed by atoms with Crippen molar-refractivity contribution in [1.29, 1.82) is 0 Å². The topological polar surface area (TPSA) is 32.3 Å². The second kappa shape index (κ2) is 3.34. The first-order valence-electron chi connectivity index (χ1n) is 4.43. The molecule has 3 heteroatoms. The van der Waals surface area contributed by atoms with Crippen molar-refractivity contribution in [1.82, 2.24) is 0 Å². The van der Waals surface area contributed by atoms with Gasteiger partial charge in [-0.2, -0.15) is 0 Å². The van der Waals surface area contributed by atoms with Gasteiger partial charge in [0.25, 0.3) is 0 Å². The van der Waals surface area contributed by atoms with Gasteiger partial charge < -0.3 is 10.4 Å². The zero-order valence-corrected chi connectivity index (χ0v) is 7.26. The number of aliphatic hydroxyl groups is 1. The molecule has 70 valence electrons. The Bertz CT molecular complexity index is 314. The molecular formula is C10H12FNO. The zero-order valence-electron chi connectivity index (χ0n) is 7.26. The fraction of sp³-hybridized carbons (Fsp3) is 0.400. The molecule has 0 aromatic heterocycles. The van der Waals surface area contributed by atoms with Gasteiger partial charge in [-0.3, -0.25) is 0 Å². The van der Waals surface area contributed by atoms with E-state index in [0.717, 1.165) is 24.2 Å². The highest BCUT2D eigenvalue weighted by Crippen LogP contribution is 2.24. The Morgan fingerprint density at radius 2 is 2.38 bits per heavy atom. The molecule has 0 fully saturated rings. The van der Waals surface area contributed by atoms with Crippen molar-refractivity contribution in [3.8, 4) is 0 Å². The summed E-state index contributed by atoms with van der Waals surface area (Å²) in [6, 6.07) is 4.73. The maximum atomic E-state index is 12.8. The lowest BCUT2D eigenvalue weighted by Gasteiger charge is -2.24. The molecule has 1 heterocycles. The average Bonchev–Trinajstić information content (AvgIpc) is 2.16. The van der Waals surface area contributed by atoms with Gasteiger partial charge in [0.05, 0.1) is 0 Å². The minimum atomic E-state index is -0.209. The summed E-state index contributed by atoms with van der Waals surface area (Å²) in [7, 11) is 0. The maximum Gasteiger partial charge on any atom is 0.123 e. The molecule has 0 aliphatic carbocycles. The van der Waals surface area contributed by atoms with E-state index in [2.05, 4.69) is 5.32 Å². The molecule has 1 atom stereocenters. The number of hydrogen-bond acceptors (Lipinski definition) is 2. The number of rotatable bonds is 1. The van der Waals surface area contributed by atoms with Crippen LogP contribution in [-0.4, -0.2) is 18.3 Å². The van der Waals surface area contributed by atoms with Gasteiger partial charge in [-0.15, -0.1) is 0 Å². The van der Waals surface area contributed by atoms with Gasteiger partial charge in [0, 0.05) is 24.8 Å². The molecule has 0 saturated heterocycles. The summed E-state index contributed by atoms with van der Waals surface area (Å²) in [5.41, 5.74) is 1.96. The Morgan fingerprint density at radius 3 is 3.15 bits per heavy atom. The van der Waals surface area contributed by atoms with Crippen molar-refractivity contribution in [2.75, 3.05) is 18.5 Å². The van der Waals surface area contributed by atoms with Gasteiger partial charge in [-0.25, -0.2) is 4.39 Å². The molecule has 2 N–H and O–H groups in total. The van der Waals surface area contributed by atoms with Gasteiger partial charge in [0.15, 0.2) is 0 Å². The Hall–Kier alpha value is -1.09. The first-order chi connectivity index (χ1) is 6.29. The average molecular weight is 181 g/mol. The maximum absolute atomic E-state index is 12.8. The smallest absolute Gasteiger partial charge is 0.123 e. The van der Waals surface area contributed by atoms with Crippen LogP contribution >= 0.6 is 0 Å². The van der Waals surface area contributed by atoms with E-state index >= 15 is 0 Å². The standard InChI is InChI=1S/C10H12FNO/c11-9-1-2-10-8(4-9)3-7(6-13)5-12-10/h1-2,4,7,12-13H,3,5-6H2. The highest BCUT2D eigenvalue weighted by Gasteiger charge is 2.17. The zero-order chi connectivity index (χ0) is 9.26. The van der Waals surface area contributed by atoms with Crippen molar-refractivity contribution in [3.63, 3.8) is 0 Å². The summed E-state index contributed by atoms with van der Waals surface area (Å²) in [5.74, 6) is 0.00781. The molecule has 0 spiro atoms. The summed E-state index contributed by atoms with van der Waals surface area (Å²) in [4.78, 5) is 0. The third kappa shape index (κ3) is 1.65. The quantitative estimate of drug-likeness (QED) is 0.686. The minimum absolute atomic E-state index is 0.156. The molecule has 0 radical (unpaired) electrons. The summed E-state index contributed by atoms with van der Waals surface area (Å²) in [5, 5.41) is 12.1. The normalized spacial score (nSPS) is 20.6. The van der Waals surface area contributed by atoms with Crippen molar-refractivity contribution in [2.24, 2.45) is 5.92 Å². The van der Waals surface area contributed by atoms with Crippen LogP contribution in [0.15, 0.2) is 18.2 Å². The fourth-order valence-electron chi connectivity index (χ4n) is 1.67. The second-order valence-corrected chi connectivity index (χ2v) is 3.44. The van der Waals surface area contributed by atoms with Crippen LogP contribution in [0.2, 0.25) is 0 Å². The molecule has 1 aliphatic rings. The van der Waals surface area contributed by atoms with Crippen molar-refractivity contribution < 1.29 is 9.50 Å². The van der Waals surface area contributed by atoms with Crippen LogP contribution in [0.5, 0.6) is 0 Å². The number of aliphatic hydroxyl groups excluding tert-OH is 1. The van der Waals surface area contributed by atoms with Gasteiger partial charge in [0.1, 0.15) is 5.82 Å². The molecule has 13 heavy (non-hydrogen) atoms. The second-order valence-electron chi connectivity index (χ2n) is 3.44. The molecule has 0 saturated carbocycles. The summed E-state index contributed by atoms with van der Waals surface area (Å²) >= 11 is 0. The molecule has 0 amide bonds. The van der Waals surface area contributed by atoms with Crippen LogP contribution in [-0.2, 0) is 6.42 Å². The highest BCUT2D eigenvalue weighted by atomic mass is 19.1. The Balaban J connectivity index is 2.27. The van der Waals surface area contributed by atoms with Gasteiger partial charge >= 0.3 is 0 Å². The number of nitrogens with one attached hydrogen (secondary N) is 1. The van der Waals surface area contributed by atoms with Gasteiger partial charge in [0.2, 0.25) is 0 Å². The molecule has 2 rings (SSSR count). The van der Waals surface area contributed by atoms with E-state index in [-0.39, 0.29) is 18.3 Å². The Labute approximate surface area is 76.4 Å². The largest absolute Gasteiger partial charge is 0.396 e. The van der Waals surface area contributed by atoms with Gasteiger partial charge in [-0.05, 0) is 30.2 Å². The first-order valence-corrected chi connectivity index (χ1v) is 4.43. The van der Waals surface area contributed by atoms with E-state index in [1.165, 1.54) is 12.1 Å². The summed E-state index contributed by atoms with van der Waals surface area (Å²) in [6.45, 7) is 0.929. The van der Waals surface area contributed by atoms with E-state index in [1.807, 2.05) is 0 Å². The molecular weight excluding hydrogens is 169 g/mol. The minimum Gasteiger partial charge on any atom is -0.396 e. The van der Waals surface area contributed by atoms with E-state index < -0.39 is 0 Å². The highest BCUT2D eigenvalue weighted by molar-refractivity contribution is 5.53. The Morgan fingerprint density at radius 1 is 1.54 bits per heavy atom. The predicted molar refractivity (Wildman–Crippen MR) is 49.2 cm³/mol. The fourth-order valence-corrected chi connectivity index (χ4v) is 1.67.